The maximum Gasteiger partial charge on any atom is 0.308 e. The number of carbonyl (C=O) groups excluding carboxylic acids is 2. The van der Waals surface area contributed by atoms with Crippen LogP contribution in [0.4, 0.5) is 0 Å². The van der Waals surface area contributed by atoms with Gasteiger partial charge in [0, 0.05) is 30.5 Å². The minimum atomic E-state index is -1.44. The Hall–Kier alpha value is -1.13. The van der Waals surface area contributed by atoms with Crippen molar-refractivity contribution in [3.63, 3.8) is 0 Å². The van der Waals surface area contributed by atoms with Gasteiger partial charge in [-0.25, -0.2) is 0 Å². The highest BCUT2D eigenvalue weighted by molar-refractivity contribution is 14.1. The van der Waals surface area contributed by atoms with Gasteiger partial charge < -0.3 is 24.1 Å². The molecule has 0 fully saturated rings. The van der Waals surface area contributed by atoms with Crippen molar-refractivity contribution in [3.8, 4) is 0 Å². The summed E-state index contributed by atoms with van der Waals surface area (Å²) < 4.78 is 21.6. The smallest absolute Gasteiger partial charge is 0.308 e. The lowest BCUT2D eigenvalue weighted by Gasteiger charge is -2.39. The second-order valence-electron chi connectivity index (χ2n) is 5.68. The maximum absolute atomic E-state index is 11.7. The number of alkyl halides is 1. The van der Waals surface area contributed by atoms with Crippen molar-refractivity contribution < 1.29 is 33.6 Å². The Morgan fingerprint density at radius 1 is 1.42 bits per heavy atom. The third kappa shape index (κ3) is 3.60. The van der Waals surface area contributed by atoms with Crippen molar-refractivity contribution in [2.75, 3.05) is 18.1 Å². The number of carbonyl (C=O) groups is 2. The monoisotopic (exact) mass is 452 g/mol. The van der Waals surface area contributed by atoms with Gasteiger partial charge in [-0.05, 0) is 11.6 Å². The Kier molecular flexibility index (Phi) is 6.27. The van der Waals surface area contributed by atoms with Crippen LogP contribution in [0.2, 0.25) is 0 Å². The SMILES string of the molecule is CCC(=O)OC1OC=C(COC)C2=CC(OC(C)=O)C(O)(CI)C21. The molecule has 1 heterocycles. The molecule has 0 saturated carbocycles. The fraction of sp³-hybridized carbons (Fsp3) is 0.625. The van der Waals surface area contributed by atoms with Crippen LogP contribution < -0.4 is 0 Å². The fourth-order valence-electron chi connectivity index (χ4n) is 2.90. The summed E-state index contributed by atoms with van der Waals surface area (Å²) in [6.07, 6.45) is 1.51. The second kappa shape index (κ2) is 7.83. The van der Waals surface area contributed by atoms with Crippen molar-refractivity contribution in [3.05, 3.63) is 23.5 Å². The molecule has 1 aliphatic heterocycles. The van der Waals surface area contributed by atoms with Gasteiger partial charge in [-0.15, -0.1) is 0 Å². The molecule has 24 heavy (non-hydrogen) atoms. The lowest BCUT2D eigenvalue weighted by atomic mass is 9.83. The Morgan fingerprint density at radius 3 is 2.67 bits per heavy atom. The molecule has 134 valence electrons. The summed E-state index contributed by atoms with van der Waals surface area (Å²) in [7, 11) is 1.54. The summed E-state index contributed by atoms with van der Waals surface area (Å²) in [5.41, 5.74) is -0.0142. The summed E-state index contributed by atoms with van der Waals surface area (Å²) in [5, 5.41) is 11.2. The quantitative estimate of drug-likeness (QED) is 0.371. The van der Waals surface area contributed by atoms with Crippen molar-refractivity contribution in [1.82, 2.24) is 0 Å². The van der Waals surface area contributed by atoms with Gasteiger partial charge in [0.05, 0.1) is 18.8 Å². The van der Waals surface area contributed by atoms with Crippen LogP contribution in [0, 0.1) is 5.92 Å². The lowest BCUT2D eigenvalue weighted by molar-refractivity contribution is -0.201. The predicted octanol–water partition coefficient (Wildman–Crippen LogP) is 1.48. The Balaban J connectivity index is 2.41. The van der Waals surface area contributed by atoms with E-state index in [4.69, 9.17) is 18.9 Å². The molecule has 2 rings (SSSR count). The molecule has 0 aromatic heterocycles. The van der Waals surface area contributed by atoms with Crippen LogP contribution >= 0.6 is 22.6 Å². The van der Waals surface area contributed by atoms with E-state index in [1.54, 1.807) is 20.1 Å². The highest BCUT2D eigenvalue weighted by Gasteiger charge is 2.57. The molecule has 0 bridgehead atoms. The van der Waals surface area contributed by atoms with Crippen molar-refractivity contribution >= 4 is 34.5 Å². The first-order valence-electron chi connectivity index (χ1n) is 7.57. The fourth-order valence-corrected chi connectivity index (χ4v) is 3.81. The van der Waals surface area contributed by atoms with Crippen molar-refractivity contribution in [1.29, 1.82) is 0 Å². The summed E-state index contributed by atoms with van der Waals surface area (Å²) in [6, 6.07) is 0. The lowest BCUT2D eigenvalue weighted by Crippen LogP contribution is -2.53. The number of esters is 2. The molecule has 2 aliphatic rings. The molecule has 0 saturated heterocycles. The minimum Gasteiger partial charge on any atom is -0.461 e. The molecule has 1 aliphatic carbocycles. The van der Waals surface area contributed by atoms with Crippen LogP contribution in [-0.4, -0.2) is 53.2 Å². The number of methoxy groups -OCH3 is 1. The number of hydrogen-bond donors (Lipinski definition) is 1. The summed E-state index contributed by atoms with van der Waals surface area (Å²) >= 11 is 2.02. The van der Waals surface area contributed by atoms with Crippen LogP contribution in [0.25, 0.3) is 0 Å². The van der Waals surface area contributed by atoms with E-state index in [2.05, 4.69) is 0 Å². The van der Waals surface area contributed by atoms with Crippen molar-refractivity contribution in [2.24, 2.45) is 5.92 Å². The molecule has 4 unspecified atom stereocenters. The normalized spacial score (nSPS) is 31.5. The highest BCUT2D eigenvalue weighted by atomic mass is 127. The van der Waals surface area contributed by atoms with Crippen LogP contribution in [0.5, 0.6) is 0 Å². The third-order valence-corrected chi connectivity index (χ3v) is 5.25. The van der Waals surface area contributed by atoms with Gasteiger partial charge >= 0.3 is 11.9 Å². The average Bonchev–Trinajstić information content (AvgIpc) is 2.83. The first-order chi connectivity index (χ1) is 11.4. The Morgan fingerprint density at radius 2 is 2.12 bits per heavy atom. The number of halogens is 1. The molecule has 8 heteroatoms. The van der Waals surface area contributed by atoms with Gasteiger partial charge in [0.1, 0.15) is 5.60 Å². The van der Waals surface area contributed by atoms with Gasteiger partial charge in [-0.1, -0.05) is 29.5 Å². The highest BCUT2D eigenvalue weighted by Crippen LogP contribution is 2.47. The first kappa shape index (κ1) is 19.2. The molecule has 0 spiro atoms. The number of ether oxygens (including phenoxy) is 4. The summed E-state index contributed by atoms with van der Waals surface area (Å²) in [4.78, 5) is 23.1. The van der Waals surface area contributed by atoms with E-state index in [-0.39, 0.29) is 17.5 Å². The van der Waals surface area contributed by atoms with E-state index < -0.39 is 35.9 Å². The van der Waals surface area contributed by atoms with Crippen LogP contribution in [0.15, 0.2) is 23.5 Å². The van der Waals surface area contributed by atoms with E-state index in [1.165, 1.54) is 13.2 Å². The van der Waals surface area contributed by atoms with Crippen LogP contribution in [0.1, 0.15) is 20.3 Å². The molecule has 0 aromatic rings. The van der Waals surface area contributed by atoms with E-state index >= 15 is 0 Å². The second-order valence-corrected chi connectivity index (χ2v) is 6.44. The number of aliphatic hydroxyl groups is 1. The van der Waals surface area contributed by atoms with Gasteiger partial charge in [-0.3, -0.25) is 9.59 Å². The Bertz CT molecular complexity index is 571. The Labute approximate surface area is 154 Å². The van der Waals surface area contributed by atoms with E-state index in [9.17, 15) is 14.7 Å². The third-order valence-electron chi connectivity index (χ3n) is 4.03. The average molecular weight is 452 g/mol. The van der Waals surface area contributed by atoms with E-state index in [1.807, 2.05) is 22.6 Å². The molecule has 0 radical (unpaired) electrons. The van der Waals surface area contributed by atoms with E-state index in [0.717, 1.165) is 0 Å². The predicted molar refractivity (Wildman–Crippen MR) is 92.2 cm³/mol. The number of rotatable bonds is 6. The molecule has 7 nitrogen and oxygen atoms in total. The molecule has 0 aromatic carbocycles. The molecular weight excluding hydrogens is 431 g/mol. The van der Waals surface area contributed by atoms with Crippen LogP contribution in [-0.2, 0) is 28.5 Å². The van der Waals surface area contributed by atoms with Gasteiger partial charge in [-0.2, -0.15) is 0 Å². The number of fused-ring (bicyclic) bond motifs is 1. The van der Waals surface area contributed by atoms with Crippen LogP contribution in [0.3, 0.4) is 0 Å². The standard InChI is InChI=1S/C16H21IO7/c1-4-13(19)24-15-14-11(10(6-21-3)7-22-15)5-12(23-9(2)18)16(14,20)8-17/h5,7,12,14-15,20H,4,6,8H2,1-3H3. The minimum absolute atomic E-state index is 0.191. The van der Waals surface area contributed by atoms with Gasteiger partial charge in [0.2, 0.25) is 0 Å². The zero-order valence-electron chi connectivity index (χ0n) is 13.8. The molecule has 1 N–H and O–H groups in total. The first-order valence-corrected chi connectivity index (χ1v) is 9.10. The van der Waals surface area contributed by atoms with Gasteiger partial charge in [0.15, 0.2) is 6.10 Å². The van der Waals surface area contributed by atoms with E-state index in [0.29, 0.717) is 11.1 Å². The van der Waals surface area contributed by atoms with Crippen molar-refractivity contribution in [2.45, 2.75) is 38.3 Å². The zero-order valence-corrected chi connectivity index (χ0v) is 15.9. The number of hydrogen-bond acceptors (Lipinski definition) is 7. The van der Waals surface area contributed by atoms with Gasteiger partial charge in [0.25, 0.3) is 6.29 Å². The summed E-state index contributed by atoms with van der Waals surface area (Å²) in [6.45, 7) is 3.22. The zero-order chi connectivity index (χ0) is 17.9. The topological polar surface area (TPSA) is 91.3 Å². The summed E-state index contributed by atoms with van der Waals surface area (Å²) in [5.74, 6) is -1.60. The molecule has 0 amide bonds. The largest absolute Gasteiger partial charge is 0.461 e. The molecular formula is C16H21IO7. The maximum atomic E-state index is 11.7. The molecule has 4 atom stereocenters.